The highest BCUT2D eigenvalue weighted by atomic mass is 35.5. The van der Waals surface area contributed by atoms with Gasteiger partial charge in [-0.05, 0) is 13.8 Å². The van der Waals surface area contributed by atoms with E-state index in [0.29, 0.717) is 6.54 Å². The van der Waals surface area contributed by atoms with Gasteiger partial charge in [0.2, 0.25) is 5.82 Å². The molecule has 3 N–H and O–H groups in total. The smallest absolute Gasteiger partial charge is 0.312 e. The number of nitrogens with zero attached hydrogens (tertiary/aromatic N) is 2. The average Bonchev–Trinajstić information content (AvgIpc) is 2.14. The number of rotatable bonds is 4. The Morgan fingerprint density at radius 1 is 1.69 bits per heavy atom. The van der Waals surface area contributed by atoms with E-state index >= 15 is 0 Å². The van der Waals surface area contributed by atoms with Gasteiger partial charge >= 0.3 is 5.69 Å². The lowest BCUT2D eigenvalue weighted by Gasteiger charge is -2.19. The second-order valence-electron chi connectivity index (χ2n) is 4.12. The van der Waals surface area contributed by atoms with E-state index in [2.05, 4.69) is 10.3 Å². The number of nitrogens with two attached hydrogens (primary N) is 1. The van der Waals surface area contributed by atoms with Gasteiger partial charge in [-0.15, -0.1) is 0 Å². The molecular formula is C9H13ClN4O2. The number of hydrogen-bond donors (Lipinski definition) is 2. The Kier molecular flexibility index (Phi) is 3.66. The van der Waals surface area contributed by atoms with Gasteiger partial charge in [-0.1, -0.05) is 11.6 Å². The lowest BCUT2D eigenvalue weighted by molar-refractivity contribution is -0.384. The van der Waals surface area contributed by atoms with Crippen LogP contribution in [-0.4, -0.2) is 22.0 Å². The Morgan fingerprint density at radius 2 is 2.31 bits per heavy atom. The SMILES string of the molecule is CC(C)(N)CNc1ncc(Cl)cc1[N+](=O)[O-]. The lowest BCUT2D eigenvalue weighted by atomic mass is 10.1. The fraction of sp³-hybridized carbons (Fsp3) is 0.444. The monoisotopic (exact) mass is 244 g/mol. The molecule has 0 bridgehead atoms. The molecule has 0 radical (unpaired) electrons. The predicted molar refractivity (Wildman–Crippen MR) is 62.7 cm³/mol. The summed E-state index contributed by atoms with van der Waals surface area (Å²) >= 11 is 5.63. The van der Waals surface area contributed by atoms with Crippen molar-refractivity contribution in [3.63, 3.8) is 0 Å². The first-order valence-corrected chi connectivity index (χ1v) is 5.00. The summed E-state index contributed by atoms with van der Waals surface area (Å²) in [6.07, 6.45) is 1.35. The molecule has 1 rings (SSSR count). The summed E-state index contributed by atoms with van der Waals surface area (Å²) in [6.45, 7) is 3.99. The first-order chi connectivity index (χ1) is 7.29. The first-order valence-electron chi connectivity index (χ1n) is 4.62. The summed E-state index contributed by atoms with van der Waals surface area (Å²) in [5.74, 6) is 0.174. The summed E-state index contributed by atoms with van der Waals surface area (Å²) in [5.41, 5.74) is 5.12. The summed E-state index contributed by atoms with van der Waals surface area (Å²) in [4.78, 5) is 14.1. The predicted octanol–water partition coefficient (Wildman–Crippen LogP) is 1.79. The summed E-state index contributed by atoms with van der Waals surface area (Å²) in [6, 6.07) is 1.25. The Bertz CT molecular complexity index is 403. The van der Waals surface area contributed by atoms with E-state index < -0.39 is 10.5 Å². The minimum Gasteiger partial charge on any atom is -0.363 e. The second-order valence-corrected chi connectivity index (χ2v) is 4.56. The number of nitrogens with one attached hydrogen (secondary N) is 1. The molecule has 0 aromatic carbocycles. The zero-order valence-corrected chi connectivity index (χ0v) is 9.78. The molecule has 88 valence electrons. The molecule has 0 spiro atoms. The zero-order valence-electron chi connectivity index (χ0n) is 9.03. The molecule has 0 amide bonds. The highest BCUT2D eigenvalue weighted by Crippen LogP contribution is 2.25. The van der Waals surface area contributed by atoms with Crippen molar-refractivity contribution in [1.82, 2.24) is 4.98 Å². The second kappa shape index (κ2) is 4.63. The van der Waals surface area contributed by atoms with E-state index in [-0.39, 0.29) is 16.5 Å². The van der Waals surface area contributed by atoms with Gasteiger partial charge in [-0.25, -0.2) is 4.98 Å². The molecule has 6 nitrogen and oxygen atoms in total. The van der Waals surface area contributed by atoms with Gasteiger partial charge in [0.25, 0.3) is 0 Å². The van der Waals surface area contributed by atoms with Gasteiger partial charge in [0, 0.05) is 24.3 Å². The third kappa shape index (κ3) is 3.63. The summed E-state index contributed by atoms with van der Waals surface area (Å²) < 4.78 is 0. The quantitative estimate of drug-likeness (QED) is 0.622. The van der Waals surface area contributed by atoms with Gasteiger partial charge in [0.15, 0.2) is 0 Å². The Morgan fingerprint density at radius 3 is 2.81 bits per heavy atom. The third-order valence-corrected chi connectivity index (χ3v) is 1.95. The number of pyridine rings is 1. The Labute approximate surface area is 98.0 Å². The molecule has 0 unspecified atom stereocenters. The van der Waals surface area contributed by atoms with E-state index in [1.165, 1.54) is 12.3 Å². The van der Waals surface area contributed by atoms with Crippen molar-refractivity contribution < 1.29 is 4.92 Å². The summed E-state index contributed by atoms with van der Waals surface area (Å²) in [5, 5.41) is 13.8. The number of nitro groups is 1. The maximum absolute atomic E-state index is 10.7. The van der Waals surface area contributed by atoms with Crippen LogP contribution >= 0.6 is 11.6 Å². The summed E-state index contributed by atoms with van der Waals surface area (Å²) in [7, 11) is 0. The number of halogens is 1. The van der Waals surface area contributed by atoms with Crippen molar-refractivity contribution in [1.29, 1.82) is 0 Å². The lowest BCUT2D eigenvalue weighted by Crippen LogP contribution is -2.39. The molecule has 0 atom stereocenters. The van der Waals surface area contributed by atoms with E-state index in [9.17, 15) is 10.1 Å². The van der Waals surface area contributed by atoms with Crippen LogP contribution < -0.4 is 11.1 Å². The highest BCUT2D eigenvalue weighted by Gasteiger charge is 2.18. The van der Waals surface area contributed by atoms with Gasteiger partial charge in [-0.3, -0.25) is 10.1 Å². The Balaban J connectivity index is 2.91. The maximum Gasteiger partial charge on any atom is 0.312 e. The van der Waals surface area contributed by atoms with Crippen LogP contribution in [0, 0.1) is 10.1 Å². The molecule has 0 aliphatic rings. The van der Waals surface area contributed by atoms with Crippen LogP contribution in [0.2, 0.25) is 5.02 Å². The molecule has 1 aromatic rings. The van der Waals surface area contributed by atoms with E-state index in [1.807, 2.05) is 13.8 Å². The molecule has 7 heteroatoms. The normalized spacial score (nSPS) is 11.2. The first kappa shape index (κ1) is 12.7. The molecule has 0 fully saturated rings. The van der Waals surface area contributed by atoms with Crippen molar-refractivity contribution in [2.45, 2.75) is 19.4 Å². The van der Waals surface area contributed by atoms with Crippen LogP contribution in [0.15, 0.2) is 12.3 Å². The number of anilines is 1. The average molecular weight is 245 g/mol. The van der Waals surface area contributed by atoms with Gasteiger partial charge in [-0.2, -0.15) is 0 Å². The molecule has 0 aliphatic heterocycles. The van der Waals surface area contributed by atoms with Gasteiger partial charge in [0.05, 0.1) is 9.95 Å². The molecule has 0 saturated heterocycles. The largest absolute Gasteiger partial charge is 0.363 e. The zero-order chi connectivity index (χ0) is 12.3. The van der Waals surface area contributed by atoms with Crippen molar-refractivity contribution in [2.75, 3.05) is 11.9 Å². The van der Waals surface area contributed by atoms with E-state index in [1.54, 1.807) is 0 Å². The number of aromatic nitrogens is 1. The molecule has 0 saturated carbocycles. The van der Waals surface area contributed by atoms with Crippen LogP contribution in [-0.2, 0) is 0 Å². The van der Waals surface area contributed by atoms with Crippen LogP contribution in [0.25, 0.3) is 0 Å². The molecule has 1 aromatic heterocycles. The van der Waals surface area contributed by atoms with Gasteiger partial charge in [0.1, 0.15) is 0 Å². The topological polar surface area (TPSA) is 94.1 Å². The minimum absolute atomic E-state index is 0.156. The van der Waals surface area contributed by atoms with Gasteiger partial charge < -0.3 is 11.1 Å². The fourth-order valence-electron chi connectivity index (χ4n) is 1.02. The van der Waals surface area contributed by atoms with Crippen LogP contribution in [0.5, 0.6) is 0 Å². The van der Waals surface area contributed by atoms with Crippen molar-refractivity contribution in [3.8, 4) is 0 Å². The number of hydrogen-bond acceptors (Lipinski definition) is 5. The maximum atomic E-state index is 10.7. The van der Waals surface area contributed by atoms with Crippen molar-refractivity contribution >= 4 is 23.1 Å². The van der Waals surface area contributed by atoms with Crippen LogP contribution in [0.1, 0.15) is 13.8 Å². The van der Waals surface area contributed by atoms with E-state index in [4.69, 9.17) is 17.3 Å². The molecule has 16 heavy (non-hydrogen) atoms. The van der Waals surface area contributed by atoms with Crippen molar-refractivity contribution in [3.05, 3.63) is 27.4 Å². The standard InChI is InChI=1S/C9H13ClN4O2/c1-9(2,11)5-13-8-7(14(15)16)3-6(10)4-12-8/h3-4H,5,11H2,1-2H3,(H,12,13). The van der Waals surface area contributed by atoms with Crippen LogP contribution in [0.4, 0.5) is 11.5 Å². The molecule has 0 aliphatic carbocycles. The van der Waals surface area contributed by atoms with E-state index in [0.717, 1.165) is 0 Å². The minimum atomic E-state index is -0.537. The molecule has 1 heterocycles. The van der Waals surface area contributed by atoms with Crippen LogP contribution in [0.3, 0.4) is 0 Å². The highest BCUT2D eigenvalue weighted by molar-refractivity contribution is 6.30. The third-order valence-electron chi connectivity index (χ3n) is 1.74. The van der Waals surface area contributed by atoms with Crippen molar-refractivity contribution in [2.24, 2.45) is 5.73 Å². The fourth-order valence-corrected chi connectivity index (χ4v) is 1.17. The Hall–Kier alpha value is -1.40. The molecular weight excluding hydrogens is 232 g/mol.